The van der Waals surface area contributed by atoms with Gasteiger partial charge in [0, 0.05) is 11.8 Å². The average Bonchev–Trinajstić information content (AvgIpc) is 3.12. The van der Waals surface area contributed by atoms with Crippen molar-refractivity contribution in [1.29, 1.82) is 0 Å². The molecule has 1 aromatic carbocycles. The summed E-state index contributed by atoms with van der Waals surface area (Å²) in [5, 5.41) is 6.73. The van der Waals surface area contributed by atoms with Crippen molar-refractivity contribution in [2.45, 2.75) is 20.2 Å². The average molecular weight is 428 g/mol. The summed E-state index contributed by atoms with van der Waals surface area (Å²) < 4.78 is 43.7. The molecule has 31 heavy (non-hydrogen) atoms. The predicted octanol–water partition coefficient (Wildman–Crippen LogP) is 3.95. The molecular formula is C20H15F3N6O2. The molecule has 158 valence electrons. The minimum absolute atomic E-state index is 0.120. The van der Waals surface area contributed by atoms with E-state index in [0.717, 1.165) is 0 Å². The monoisotopic (exact) mass is 428 g/mol. The molecule has 4 rings (SSSR count). The van der Waals surface area contributed by atoms with Crippen LogP contribution in [0, 0.1) is 13.8 Å². The molecular weight excluding hydrogens is 413 g/mol. The molecule has 0 atom stereocenters. The molecule has 0 saturated heterocycles. The number of carbonyl (C=O) groups is 1. The molecule has 1 N–H and O–H groups in total. The highest BCUT2D eigenvalue weighted by molar-refractivity contribution is 6.08. The van der Waals surface area contributed by atoms with Gasteiger partial charge in [0.15, 0.2) is 11.5 Å². The van der Waals surface area contributed by atoms with Gasteiger partial charge >= 0.3 is 6.36 Å². The molecule has 3 heterocycles. The third-order valence-electron chi connectivity index (χ3n) is 4.30. The number of amides is 1. The molecule has 0 aliphatic rings. The van der Waals surface area contributed by atoms with E-state index in [-0.39, 0.29) is 28.3 Å². The number of benzene rings is 1. The van der Waals surface area contributed by atoms with E-state index in [2.05, 4.69) is 30.1 Å². The fourth-order valence-corrected chi connectivity index (χ4v) is 2.97. The van der Waals surface area contributed by atoms with Crippen LogP contribution in [0.3, 0.4) is 0 Å². The zero-order valence-electron chi connectivity index (χ0n) is 16.3. The smallest absolute Gasteiger partial charge is 0.405 e. The van der Waals surface area contributed by atoms with E-state index in [1.807, 2.05) is 0 Å². The number of nitrogens with one attached hydrogen (secondary N) is 1. The Kier molecular flexibility index (Phi) is 5.01. The first-order valence-corrected chi connectivity index (χ1v) is 9.02. The van der Waals surface area contributed by atoms with Crippen LogP contribution >= 0.6 is 0 Å². The second-order valence-electron chi connectivity index (χ2n) is 6.58. The fraction of sp³-hybridized carbons (Fsp3) is 0.150. The maximum absolute atomic E-state index is 12.8. The van der Waals surface area contributed by atoms with E-state index >= 15 is 0 Å². The molecule has 1 amide bonds. The molecule has 0 unspecified atom stereocenters. The highest BCUT2D eigenvalue weighted by Gasteiger charge is 2.32. The van der Waals surface area contributed by atoms with Crippen LogP contribution in [-0.4, -0.2) is 36.8 Å². The van der Waals surface area contributed by atoms with Crippen LogP contribution in [0.5, 0.6) is 5.75 Å². The van der Waals surface area contributed by atoms with Crippen LogP contribution in [0.4, 0.5) is 19.0 Å². The molecule has 11 heteroatoms. The zero-order valence-corrected chi connectivity index (χ0v) is 16.3. The summed E-state index contributed by atoms with van der Waals surface area (Å²) in [6.07, 6.45) is -0.520. The van der Waals surface area contributed by atoms with Crippen LogP contribution in [-0.2, 0) is 0 Å². The fourth-order valence-electron chi connectivity index (χ4n) is 2.97. The van der Waals surface area contributed by atoms with Crippen LogP contribution in [0.25, 0.3) is 16.9 Å². The van der Waals surface area contributed by atoms with Crippen LogP contribution in [0.15, 0.2) is 48.9 Å². The number of carbonyl (C=O) groups excluding carboxylic acids is 1. The lowest BCUT2D eigenvalue weighted by Crippen LogP contribution is -2.17. The SMILES string of the molecule is Cc1cnc(NC(=O)c2cnn3ccc(-c4ccccc4OC(F)(F)F)nc23)c(C)n1. The summed E-state index contributed by atoms with van der Waals surface area (Å²) in [7, 11) is 0. The molecule has 0 bridgehead atoms. The highest BCUT2D eigenvalue weighted by atomic mass is 19.4. The topological polar surface area (TPSA) is 94.3 Å². The van der Waals surface area contributed by atoms with Gasteiger partial charge in [-0.25, -0.2) is 14.5 Å². The first-order valence-electron chi connectivity index (χ1n) is 9.02. The summed E-state index contributed by atoms with van der Waals surface area (Å²) in [5.41, 5.74) is 1.84. The van der Waals surface area contributed by atoms with Crippen molar-refractivity contribution in [3.8, 4) is 17.0 Å². The molecule has 0 aliphatic heterocycles. The zero-order chi connectivity index (χ0) is 22.2. The van der Waals surface area contributed by atoms with Crippen LogP contribution in [0.2, 0.25) is 0 Å². The molecule has 0 fully saturated rings. The van der Waals surface area contributed by atoms with Gasteiger partial charge in [-0.2, -0.15) is 5.10 Å². The first-order chi connectivity index (χ1) is 14.7. The van der Waals surface area contributed by atoms with Crippen molar-refractivity contribution in [1.82, 2.24) is 24.6 Å². The van der Waals surface area contributed by atoms with Gasteiger partial charge in [0.2, 0.25) is 0 Å². The van der Waals surface area contributed by atoms with Crippen molar-refractivity contribution in [3.05, 3.63) is 65.9 Å². The third kappa shape index (κ3) is 4.29. The quantitative estimate of drug-likeness (QED) is 0.529. The Morgan fingerprint density at radius 1 is 1.10 bits per heavy atom. The Bertz CT molecular complexity index is 1290. The molecule has 8 nitrogen and oxygen atoms in total. The highest BCUT2D eigenvalue weighted by Crippen LogP contribution is 2.33. The number of rotatable bonds is 4. The Labute approximate surface area is 173 Å². The minimum atomic E-state index is -4.85. The van der Waals surface area contributed by atoms with Crippen molar-refractivity contribution in [2.75, 3.05) is 5.32 Å². The van der Waals surface area contributed by atoms with E-state index in [0.29, 0.717) is 11.4 Å². The van der Waals surface area contributed by atoms with Crippen molar-refractivity contribution >= 4 is 17.4 Å². The summed E-state index contributed by atoms with van der Waals surface area (Å²) in [4.78, 5) is 25.5. The first kappa shape index (κ1) is 20.3. The third-order valence-corrected chi connectivity index (χ3v) is 4.30. The van der Waals surface area contributed by atoms with Crippen LogP contribution < -0.4 is 10.1 Å². The van der Waals surface area contributed by atoms with E-state index in [1.54, 1.807) is 19.9 Å². The maximum Gasteiger partial charge on any atom is 0.573 e. The lowest BCUT2D eigenvalue weighted by molar-refractivity contribution is -0.274. The number of para-hydroxylation sites is 1. The largest absolute Gasteiger partial charge is 0.573 e. The standard InChI is InChI=1S/C20H15F3N6O2/c1-11-9-24-17(12(2)26-11)28-19(30)14-10-25-29-8-7-15(27-18(14)29)13-5-3-4-6-16(13)31-20(21,22)23/h3-10H,1-2H3,(H,24,28,30). The van der Waals surface area contributed by atoms with Gasteiger partial charge in [0.25, 0.3) is 5.91 Å². The van der Waals surface area contributed by atoms with E-state index in [4.69, 9.17) is 0 Å². The molecule has 0 radical (unpaired) electrons. The number of hydrogen-bond acceptors (Lipinski definition) is 6. The summed E-state index contributed by atoms with van der Waals surface area (Å²) in [6.45, 7) is 3.49. The van der Waals surface area contributed by atoms with Crippen molar-refractivity contribution < 1.29 is 22.7 Å². The van der Waals surface area contributed by atoms with Gasteiger partial charge in [-0.3, -0.25) is 9.78 Å². The molecule has 0 aliphatic carbocycles. The number of anilines is 1. The number of ether oxygens (including phenoxy) is 1. The second kappa shape index (κ2) is 7.67. The van der Waals surface area contributed by atoms with Crippen LogP contribution in [0.1, 0.15) is 21.7 Å². The minimum Gasteiger partial charge on any atom is -0.405 e. The van der Waals surface area contributed by atoms with Gasteiger partial charge in [-0.15, -0.1) is 13.2 Å². The lowest BCUT2D eigenvalue weighted by Gasteiger charge is -2.13. The molecule has 0 spiro atoms. The Morgan fingerprint density at radius 2 is 1.87 bits per heavy atom. The number of hydrogen-bond donors (Lipinski definition) is 1. The van der Waals surface area contributed by atoms with E-state index in [9.17, 15) is 18.0 Å². The molecule has 3 aromatic heterocycles. The summed E-state index contributed by atoms with van der Waals surface area (Å²) in [6, 6.07) is 7.10. The normalized spacial score (nSPS) is 11.5. The number of alkyl halides is 3. The molecule has 4 aromatic rings. The number of nitrogens with zero attached hydrogens (tertiary/aromatic N) is 5. The van der Waals surface area contributed by atoms with Gasteiger partial charge in [0.1, 0.15) is 11.3 Å². The Balaban J connectivity index is 1.71. The summed E-state index contributed by atoms with van der Waals surface area (Å²) >= 11 is 0. The van der Waals surface area contributed by atoms with Gasteiger partial charge in [0.05, 0.1) is 29.5 Å². The van der Waals surface area contributed by atoms with Gasteiger partial charge < -0.3 is 10.1 Å². The van der Waals surface area contributed by atoms with Gasteiger partial charge in [-0.05, 0) is 32.0 Å². The Hall–Kier alpha value is -4.02. The van der Waals surface area contributed by atoms with E-state index < -0.39 is 18.0 Å². The van der Waals surface area contributed by atoms with Crippen molar-refractivity contribution in [3.63, 3.8) is 0 Å². The van der Waals surface area contributed by atoms with E-state index in [1.165, 1.54) is 47.4 Å². The van der Waals surface area contributed by atoms with Crippen molar-refractivity contribution in [2.24, 2.45) is 0 Å². The summed E-state index contributed by atoms with van der Waals surface area (Å²) in [5.74, 6) is -0.640. The number of aryl methyl sites for hydroxylation is 2. The van der Waals surface area contributed by atoms with Gasteiger partial charge in [-0.1, -0.05) is 12.1 Å². The molecule has 0 saturated carbocycles. The predicted molar refractivity (Wildman–Crippen MR) is 105 cm³/mol. The maximum atomic E-state index is 12.8. The lowest BCUT2D eigenvalue weighted by atomic mass is 10.1. The number of aromatic nitrogens is 5. The Morgan fingerprint density at radius 3 is 2.61 bits per heavy atom. The number of halogens is 3. The second-order valence-corrected chi connectivity index (χ2v) is 6.58. The number of fused-ring (bicyclic) bond motifs is 1.